The van der Waals surface area contributed by atoms with Crippen LogP contribution in [0.1, 0.15) is 6.92 Å². The summed E-state index contributed by atoms with van der Waals surface area (Å²) < 4.78 is 18.1. The molecule has 1 aromatic rings. The molecule has 0 aliphatic rings. The van der Waals surface area contributed by atoms with E-state index in [0.717, 1.165) is 18.8 Å². The van der Waals surface area contributed by atoms with E-state index in [0.29, 0.717) is 11.7 Å². The number of benzene rings is 1. The lowest BCUT2D eigenvalue weighted by molar-refractivity contribution is 0.114. The molecular formula is C15H25FIN3O2S. The second-order valence-electron chi connectivity index (χ2n) is 4.56. The number of halogens is 2. The molecule has 0 amide bonds. The van der Waals surface area contributed by atoms with Crippen LogP contribution in [-0.4, -0.2) is 55.4 Å². The first-order valence-electron chi connectivity index (χ1n) is 7.23. The maximum absolute atomic E-state index is 12.8. The summed E-state index contributed by atoms with van der Waals surface area (Å²) in [4.78, 5) is 4.31. The average molecular weight is 457 g/mol. The van der Waals surface area contributed by atoms with Crippen molar-refractivity contribution in [2.45, 2.75) is 13.0 Å². The Kier molecular flexibility index (Phi) is 13.2. The molecule has 0 heterocycles. The number of aliphatic hydroxyl groups excluding tert-OH is 1. The van der Waals surface area contributed by atoms with E-state index in [-0.39, 0.29) is 42.9 Å². The Balaban J connectivity index is 0.00000484. The van der Waals surface area contributed by atoms with Crippen molar-refractivity contribution in [3.63, 3.8) is 0 Å². The molecule has 132 valence electrons. The van der Waals surface area contributed by atoms with Gasteiger partial charge in [-0.05, 0) is 37.4 Å². The summed E-state index contributed by atoms with van der Waals surface area (Å²) in [5, 5.41) is 16.2. The number of aliphatic imine (C=N–C) groups is 1. The summed E-state index contributed by atoms with van der Waals surface area (Å²) in [6.07, 6.45) is 1.32. The predicted molar refractivity (Wildman–Crippen MR) is 106 cm³/mol. The van der Waals surface area contributed by atoms with Gasteiger partial charge in [-0.3, -0.25) is 4.99 Å². The first-order chi connectivity index (χ1) is 10.7. The van der Waals surface area contributed by atoms with E-state index >= 15 is 0 Å². The Morgan fingerprint density at radius 3 is 2.65 bits per heavy atom. The molecule has 0 saturated carbocycles. The molecule has 1 unspecified atom stereocenters. The van der Waals surface area contributed by atoms with Gasteiger partial charge in [0.1, 0.15) is 24.3 Å². The number of nitrogens with zero attached hydrogens (tertiary/aromatic N) is 1. The van der Waals surface area contributed by atoms with Crippen LogP contribution in [0.15, 0.2) is 29.3 Å². The second-order valence-corrected chi connectivity index (χ2v) is 5.54. The van der Waals surface area contributed by atoms with E-state index in [4.69, 9.17) is 4.74 Å². The fraction of sp³-hybridized carbons (Fsp3) is 0.533. The summed E-state index contributed by atoms with van der Waals surface area (Å²) in [5.41, 5.74) is 0. The van der Waals surface area contributed by atoms with Crippen LogP contribution in [0.5, 0.6) is 5.75 Å². The van der Waals surface area contributed by atoms with Gasteiger partial charge in [0.15, 0.2) is 5.96 Å². The van der Waals surface area contributed by atoms with Crippen molar-refractivity contribution >= 4 is 41.7 Å². The molecule has 0 aliphatic carbocycles. The topological polar surface area (TPSA) is 65.9 Å². The van der Waals surface area contributed by atoms with E-state index in [2.05, 4.69) is 15.6 Å². The number of guanidine groups is 1. The van der Waals surface area contributed by atoms with Gasteiger partial charge in [0.2, 0.25) is 0 Å². The highest BCUT2D eigenvalue weighted by Crippen LogP contribution is 2.11. The predicted octanol–water partition coefficient (Wildman–Crippen LogP) is 2.10. The van der Waals surface area contributed by atoms with Crippen molar-refractivity contribution in [2.75, 3.05) is 38.2 Å². The molecule has 0 bridgehead atoms. The van der Waals surface area contributed by atoms with E-state index < -0.39 is 6.10 Å². The molecule has 1 atom stereocenters. The average Bonchev–Trinajstić information content (AvgIpc) is 2.52. The minimum atomic E-state index is -0.721. The highest BCUT2D eigenvalue weighted by molar-refractivity contribution is 14.0. The van der Waals surface area contributed by atoms with Gasteiger partial charge in [-0.25, -0.2) is 4.39 Å². The molecule has 0 aliphatic heterocycles. The van der Waals surface area contributed by atoms with Gasteiger partial charge >= 0.3 is 0 Å². The molecule has 1 aromatic carbocycles. The number of rotatable bonds is 9. The Labute approximate surface area is 158 Å². The molecule has 5 nitrogen and oxygen atoms in total. The highest BCUT2D eigenvalue weighted by atomic mass is 127. The third-order valence-electron chi connectivity index (χ3n) is 2.66. The Hall–Kier alpha value is -0.740. The van der Waals surface area contributed by atoms with E-state index in [9.17, 15) is 9.50 Å². The third-order valence-corrected chi connectivity index (χ3v) is 3.27. The normalized spacial score (nSPS) is 12.3. The first kappa shape index (κ1) is 22.3. The summed E-state index contributed by atoms with van der Waals surface area (Å²) in [7, 11) is 0. The molecular weight excluding hydrogens is 432 g/mol. The highest BCUT2D eigenvalue weighted by Gasteiger charge is 2.06. The zero-order valence-corrected chi connectivity index (χ0v) is 16.6. The van der Waals surface area contributed by atoms with Crippen molar-refractivity contribution in [1.29, 1.82) is 0 Å². The Morgan fingerprint density at radius 2 is 2.04 bits per heavy atom. The molecule has 0 radical (unpaired) electrons. The van der Waals surface area contributed by atoms with Crippen molar-refractivity contribution < 1.29 is 14.2 Å². The lowest BCUT2D eigenvalue weighted by Gasteiger charge is -2.13. The molecule has 3 N–H and O–H groups in total. The minimum absolute atomic E-state index is 0. The zero-order chi connectivity index (χ0) is 16.2. The maximum Gasteiger partial charge on any atom is 0.191 e. The van der Waals surface area contributed by atoms with Crippen LogP contribution in [-0.2, 0) is 0 Å². The van der Waals surface area contributed by atoms with Crippen LogP contribution in [0.2, 0.25) is 0 Å². The van der Waals surface area contributed by atoms with E-state index in [1.807, 2.05) is 13.2 Å². The zero-order valence-electron chi connectivity index (χ0n) is 13.4. The third kappa shape index (κ3) is 10.6. The van der Waals surface area contributed by atoms with Gasteiger partial charge in [0.05, 0.1) is 6.54 Å². The second kappa shape index (κ2) is 13.7. The molecule has 0 fully saturated rings. The van der Waals surface area contributed by atoms with Crippen molar-refractivity contribution in [3.8, 4) is 5.75 Å². The Morgan fingerprint density at radius 1 is 1.35 bits per heavy atom. The number of aliphatic hydroxyl groups is 1. The fourth-order valence-electron chi connectivity index (χ4n) is 1.59. The van der Waals surface area contributed by atoms with Crippen LogP contribution in [0.3, 0.4) is 0 Å². The summed E-state index contributed by atoms with van der Waals surface area (Å²) in [6, 6.07) is 5.69. The van der Waals surface area contributed by atoms with E-state index in [1.165, 1.54) is 24.3 Å². The molecule has 23 heavy (non-hydrogen) atoms. The minimum Gasteiger partial charge on any atom is -0.491 e. The van der Waals surface area contributed by atoms with Crippen LogP contribution >= 0.6 is 35.7 Å². The number of hydrogen-bond acceptors (Lipinski definition) is 4. The van der Waals surface area contributed by atoms with Crippen LogP contribution in [0.25, 0.3) is 0 Å². The van der Waals surface area contributed by atoms with Crippen LogP contribution < -0.4 is 15.4 Å². The standard InChI is InChI=1S/C15H24FN3O2S.HI/c1-3-17-15(18-8-9-22-2)19-10-13(20)11-21-14-6-4-12(16)5-7-14;/h4-7,13,20H,3,8-11H2,1-2H3,(H2,17,18,19);1H. The van der Waals surface area contributed by atoms with Crippen molar-refractivity contribution in [1.82, 2.24) is 10.6 Å². The first-order valence-corrected chi connectivity index (χ1v) is 8.62. The quantitative estimate of drug-likeness (QED) is 0.230. The molecule has 8 heteroatoms. The number of nitrogens with one attached hydrogen (secondary N) is 2. The van der Waals surface area contributed by atoms with Gasteiger partial charge in [-0.15, -0.1) is 24.0 Å². The summed E-state index contributed by atoms with van der Waals surface area (Å²) >= 11 is 1.75. The number of thioether (sulfide) groups is 1. The fourth-order valence-corrected chi connectivity index (χ4v) is 1.89. The van der Waals surface area contributed by atoms with E-state index in [1.54, 1.807) is 11.8 Å². The lowest BCUT2D eigenvalue weighted by atomic mass is 10.3. The van der Waals surface area contributed by atoms with Crippen molar-refractivity contribution in [2.24, 2.45) is 4.99 Å². The SMILES string of the molecule is CCNC(=NCC(O)COc1ccc(F)cc1)NCCSC.I. The summed E-state index contributed by atoms with van der Waals surface area (Å²) in [5.74, 6) is 1.87. The van der Waals surface area contributed by atoms with Crippen LogP contribution in [0.4, 0.5) is 4.39 Å². The Bertz CT molecular complexity index is 449. The van der Waals surface area contributed by atoms with Crippen LogP contribution in [0, 0.1) is 5.82 Å². The molecule has 0 spiro atoms. The molecule has 1 rings (SSSR count). The van der Waals surface area contributed by atoms with Gasteiger partial charge < -0.3 is 20.5 Å². The lowest BCUT2D eigenvalue weighted by Crippen LogP contribution is -2.39. The largest absolute Gasteiger partial charge is 0.491 e. The molecule has 0 aromatic heterocycles. The van der Waals surface area contributed by atoms with Crippen molar-refractivity contribution in [3.05, 3.63) is 30.1 Å². The maximum atomic E-state index is 12.8. The monoisotopic (exact) mass is 457 g/mol. The van der Waals surface area contributed by atoms with Gasteiger partial charge in [-0.2, -0.15) is 11.8 Å². The van der Waals surface area contributed by atoms with Gasteiger partial charge in [0, 0.05) is 18.8 Å². The number of ether oxygens (including phenoxy) is 1. The smallest absolute Gasteiger partial charge is 0.191 e. The van der Waals surface area contributed by atoms with Gasteiger partial charge in [-0.1, -0.05) is 0 Å². The number of hydrogen-bond donors (Lipinski definition) is 3. The summed E-state index contributed by atoms with van der Waals surface area (Å²) in [6.45, 7) is 3.90. The van der Waals surface area contributed by atoms with Gasteiger partial charge in [0.25, 0.3) is 0 Å². The molecule has 0 saturated heterocycles.